The molecule has 1 N–H and O–H groups in total. The number of halogens is 2. The van der Waals surface area contributed by atoms with Gasteiger partial charge in [0.25, 0.3) is 0 Å². The lowest BCUT2D eigenvalue weighted by Crippen LogP contribution is -2.48. The second-order valence-electron chi connectivity index (χ2n) is 9.88. The number of nitrogens with zero attached hydrogens (tertiary/aromatic N) is 3. The highest BCUT2D eigenvalue weighted by molar-refractivity contribution is 6.31. The minimum Gasteiger partial charge on any atom is -0.464 e. The first-order valence-electron chi connectivity index (χ1n) is 13.4. The first-order chi connectivity index (χ1) is 19.8. The SMILES string of the molecule is Cc1ccc(CN(Cc2ccc3c(c2)OCO3)C(=O)CN(CCN2CCOCC2)C(=O)Nc2ccc(F)c(Cl)c2)o1. The van der Waals surface area contributed by atoms with Crippen molar-refractivity contribution in [1.82, 2.24) is 14.7 Å². The van der Waals surface area contributed by atoms with Gasteiger partial charge >= 0.3 is 6.03 Å². The number of carbonyl (C=O) groups is 2. The average Bonchev–Trinajstić information content (AvgIpc) is 3.61. The number of nitrogens with one attached hydrogen (secondary N) is 1. The zero-order valence-corrected chi connectivity index (χ0v) is 23.5. The van der Waals surface area contributed by atoms with E-state index in [-0.39, 0.29) is 37.4 Å². The normalized spacial score (nSPS) is 14.6. The van der Waals surface area contributed by atoms with Crippen LogP contribution in [0.25, 0.3) is 0 Å². The van der Waals surface area contributed by atoms with E-state index in [1.54, 1.807) is 4.90 Å². The van der Waals surface area contributed by atoms with Crippen LogP contribution in [-0.2, 0) is 22.6 Å². The van der Waals surface area contributed by atoms with Crippen LogP contribution in [0.5, 0.6) is 11.5 Å². The van der Waals surface area contributed by atoms with Gasteiger partial charge in [-0.3, -0.25) is 9.69 Å². The van der Waals surface area contributed by atoms with E-state index >= 15 is 0 Å². The van der Waals surface area contributed by atoms with Crippen LogP contribution in [0.4, 0.5) is 14.9 Å². The van der Waals surface area contributed by atoms with Gasteiger partial charge in [-0.25, -0.2) is 9.18 Å². The van der Waals surface area contributed by atoms with Gasteiger partial charge in [-0.15, -0.1) is 0 Å². The Morgan fingerprint density at radius 1 is 1.00 bits per heavy atom. The van der Waals surface area contributed by atoms with E-state index < -0.39 is 11.8 Å². The van der Waals surface area contributed by atoms with E-state index in [2.05, 4.69) is 10.2 Å². The highest BCUT2D eigenvalue weighted by Gasteiger charge is 2.25. The number of furan rings is 1. The Balaban J connectivity index is 1.33. The van der Waals surface area contributed by atoms with E-state index in [9.17, 15) is 14.0 Å². The van der Waals surface area contributed by atoms with Crippen LogP contribution in [0.3, 0.4) is 0 Å². The van der Waals surface area contributed by atoms with Gasteiger partial charge in [-0.2, -0.15) is 0 Å². The molecule has 0 atom stereocenters. The fraction of sp³-hybridized carbons (Fsp3) is 0.379. The summed E-state index contributed by atoms with van der Waals surface area (Å²) < 4.78 is 35.8. The number of rotatable bonds is 10. The number of aryl methyl sites for hydroxylation is 1. The molecule has 2 aliphatic rings. The average molecular weight is 587 g/mol. The van der Waals surface area contributed by atoms with E-state index in [0.717, 1.165) is 24.4 Å². The van der Waals surface area contributed by atoms with Crippen molar-refractivity contribution >= 4 is 29.2 Å². The van der Waals surface area contributed by atoms with E-state index in [0.29, 0.717) is 49.2 Å². The van der Waals surface area contributed by atoms with Crippen molar-refractivity contribution < 1.29 is 32.6 Å². The number of hydrogen-bond donors (Lipinski definition) is 1. The molecule has 41 heavy (non-hydrogen) atoms. The monoisotopic (exact) mass is 586 g/mol. The van der Waals surface area contributed by atoms with Crippen molar-refractivity contribution in [1.29, 1.82) is 0 Å². The smallest absolute Gasteiger partial charge is 0.322 e. The van der Waals surface area contributed by atoms with Gasteiger partial charge in [0.2, 0.25) is 12.7 Å². The number of amides is 3. The molecule has 1 saturated heterocycles. The maximum atomic E-state index is 13.8. The van der Waals surface area contributed by atoms with Crippen LogP contribution >= 0.6 is 11.6 Å². The summed E-state index contributed by atoms with van der Waals surface area (Å²) in [7, 11) is 0. The van der Waals surface area contributed by atoms with Gasteiger partial charge in [-0.1, -0.05) is 17.7 Å². The van der Waals surface area contributed by atoms with Gasteiger partial charge in [0, 0.05) is 38.4 Å². The fourth-order valence-corrected chi connectivity index (χ4v) is 4.81. The lowest BCUT2D eigenvalue weighted by Gasteiger charge is -2.31. The van der Waals surface area contributed by atoms with E-state index in [4.69, 9.17) is 30.2 Å². The summed E-state index contributed by atoms with van der Waals surface area (Å²) in [5.74, 6) is 1.78. The summed E-state index contributed by atoms with van der Waals surface area (Å²) >= 11 is 5.91. The zero-order chi connectivity index (χ0) is 28.8. The van der Waals surface area contributed by atoms with Gasteiger partial charge < -0.3 is 33.7 Å². The predicted octanol–water partition coefficient (Wildman–Crippen LogP) is 4.50. The molecule has 3 aromatic rings. The molecular formula is C29H32ClFN4O6. The second kappa shape index (κ2) is 13.2. The van der Waals surface area contributed by atoms with Gasteiger partial charge in [0.15, 0.2) is 11.5 Å². The number of hydrogen-bond acceptors (Lipinski definition) is 7. The van der Waals surface area contributed by atoms with Crippen molar-refractivity contribution in [3.8, 4) is 11.5 Å². The highest BCUT2D eigenvalue weighted by Crippen LogP contribution is 2.33. The van der Waals surface area contributed by atoms with Crippen LogP contribution in [0.1, 0.15) is 17.1 Å². The molecule has 0 spiro atoms. The standard InChI is InChI=1S/C29H32ClFN4O6/c1-20-2-5-23(41-20)17-35(16-21-3-7-26-27(14-21)40-19-39-26)28(36)18-34(9-8-33-10-12-38-13-11-33)29(37)32-22-4-6-25(31)24(30)15-22/h2-7,14-15H,8-13,16-19H2,1H3,(H,32,37). The van der Waals surface area contributed by atoms with E-state index in [1.807, 2.05) is 37.3 Å². The Kier molecular flexibility index (Phi) is 9.28. The molecule has 0 unspecified atom stereocenters. The molecule has 3 amide bonds. The number of ether oxygens (including phenoxy) is 3. The summed E-state index contributed by atoms with van der Waals surface area (Å²) in [5, 5.41) is 2.64. The Bertz CT molecular complexity index is 1380. The third kappa shape index (κ3) is 7.69. The van der Waals surface area contributed by atoms with Crippen LogP contribution in [0, 0.1) is 12.7 Å². The number of benzene rings is 2. The van der Waals surface area contributed by atoms with Crippen LogP contribution in [-0.4, -0.2) is 79.4 Å². The molecule has 2 aromatic carbocycles. The largest absolute Gasteiger partial charge is 0.464 e. The minimum atomic E-state index is -0.587. The molecule has 3 heterocycles. The molecule has 0 saturated carbocycles. The maximum Gasteiger partial charge on any atom is 0.322 e. The first-order valence-corrected chi connectivity index (χ1v) is 13.7. The van der Waals surface area contributed by atoms with Crippen LogP contribution in [0.15, 0.2) is 52.9 Å². The summed E-state index contributed by atoms with van der Waals surface area (Å²) in [6, 6.07) is 12.7. The summed E-state index contributed by atoms with van der Waals surface area (Å²) in [6.07, 6.45) is 0. The quantitative estimate of drug-likeness (QED) is 0.373. The van der Waals surface area contributed by atoms with Gasteiger partial charge in [-0.05, 0) is 55.0 Å². The lowest BCUT2D eigenvalue weighted by molar-refractivity contribution is -0.133. The topological polar surface area (TPSA) is 96.7 Å². The number of carbonyl (C=O) groups excluding carboxylic acids is 2. The number of anilines is 1. The maximum absolute atomic E-state index is 13.8. The third-order valence-electron chi connectivity index (χ3n) is 6.88. The molecule has 218 valence electrons. The van der Waals surface area contributed by atoms with Crippen molar-refractivity contribution in [3.05, 3.63) is 76.5 Å². The Morgan fingerprint density at radius 3 is 2.56 bits per heavy atom. The van der Waals surface area contributed by atoms with Crippen molar-refractivity contribution in [2.24, 2.45) is 0 Å². The van der Waals surface area contributed by atoms with Crippen LogP contribution in [0.2, 0.25) is 5.02 Å². The van der Waals surface area contributed by atoms with Crippen molar-refractivity contribution in [2.45, 2.75) is 20.0 Å². The Hall–Kier alpha value is -3.80. The molecule has 1 fully saturated rings. The summed E-state index contributed by atoms with van der Waals surface area (Å²) in [5.41, 5.74) is 1.17. The van der Waals surface area contributed by atoms with Crippen LogP contribution < -0.4 is 14.8 Å². The Labute approximate surface area is 242 Å². The first kappa shape index (κ1) is 28.7. The predicted molar refractivity (Wildman–Crippen MR) is 150 cm³/mol. The Morgan fingerprint density at radius 2 is 1.80 bits per heavy atom. The summed E-state index contributed by atoms with van der Waals surface area (Å²) in [6.45, 7) is 5.86. The fourth-order valence-electron chi connectivity index (χ4n) is 4.63. The molecule has 10 nitrogen and oxygen atoms in total. The lowest BCUT2D eigenvalue weighted by atomic mass is 10.2. The minimum absolute atomic E-state index is 0.109. The molecule has 2 aliphatic heterocycles. The molecule has 5 rings (SSSR count). The zero-order valence-electron chi connectivity index (χ0n) is 22.7. The number of fused-ring (bicyclic) bond motifs is 1. The van der Waals surface area contributed by atoms with Gasteiger partial charge in [0.05, 0.1) is 24.8 Å². The molecule has 1 aromatic heterocycles. The third-order valence-corrected chi connectivity index (χ3v) is 7.17. The molecule has 0 aliphatic carbocycles. The summed E-state index contributed by atoms with van der Waals surface area (Å²) in [4.78, 5) is 32.5. The second-order valence-corrected chi connectivity index (χ2v) is 10.3. The molecule has 12 heteroatoms. The van der Waals surface area contributed by atoms with Gasteiger partial charge in [0.1, 0.15) is 23.9 Å². The number of urea groups is 1. The molecular weight excluding hydrogens is 555 g/mol. The van der Waals surface area contributed by atoms with Crippen molar-refractivity contribution in [2.75, 3.05) is 58.0 Å². The number of morpholine rings is 1. The molecule has 0 radical (unpaired) electrons. The molecule has 0 bridgehead atoms. The van der Waals surface area contributed by atoms with E-state index in [1.165, 1.54) is 23.1 Å². The highest BCUT2D eigenvalue weighted by atomic mass is 35.5. The van der Waals surface area contributed by atoms with Crippen molar-refractivity contribution in [3.63, 3.8) is 0 Å².